The summed E-state index contributed by atoms with van der Waals surface area (Å²) in [5, 5.41) is 9.25. The predicted octanol–water partition coefficient (Wildman–Crippen LogP) is 1.63. The second kappa shape index (κ2) is 4.17. The van der Waals surface area contributed by atoms with Crippen LogP contribution in [0.3, 0.4) is 0 Å². The van der Waals surface area contributed by atoms with Crippen molar-refractivity contribution >= 4 is 17.8 Å². The Morgan fingerprint density at radius 1 is 1.16 bits per heavy atom. The van der Waals surface area contributed by atoms with Crippen molar-refractivity contribution in [1.29, 1.82) is 0 Å². The normalized spacial score (nSPS) is 14.6. The van der Waals surface area contributed by atoms with Crippen LogP contribution in [-0.4, -0.2) is 33.7 Å². The Morgan fingerprint density at radius 3 is 2.32 bits per heavy atom. The highest BCUT2D eigenvalue weighted by Crippen LogP contribution is 2.23. The zero-order chi connectivity index (χ0) is 14.4. The molecule has 1 aliphatic heterocycles. The van der Waals surface area contributed by atoms with E-state index in [2.05, 4.69) is 0 Å². The lowest BCUT2D eigenvalue weighted by Crippen LogP contribution is -2.25. The topological polar surface area (TPSA) is 83.9 Å². The van der Waals surface area contributed by atoms with Gasteiger partial charge in [0.05, 0.1) is 16.7 Å². The van der Waals surface area contributed by atoms with E-state index in [4.69, 9.17) is 4.74 Å². The van der Waals surface area contributed by atoms with Crippen LogP contribution in [0.5, 0.6) is 0 Å². The second-order valence-electron chi connectivity index (χ2n) is 5.18. The number of carbonyl (C=O) groups is 3. The molecule has 100 valence electrons. The molecule has 0 aromatic heterocycles. The zero-order valence-electron chi connectivity index (χ0n) is 10.8. The van der Waals surface area contributed by atoms with Gasteiger partial charge in [-0.1, -0.05) is 0 Å². The number of hydrogen-bond donors (Lipinski definition) is 1. The molecule has 1 aromatic rings. The fourth-order valence-corrected chi connectivity index (χ4v) is 1.69. The van der Waals surface area contributed by atoms with E-state index in [0.717, 1.165) is 0 Å². The van der Waals surface area contributed by atoms with Crippen LogP contribution in [-0.2, 0) is 4.74 Å². The van der Waals surface area contributed by atoms with Crippen molar-refractivity contribution in [3.8, 4) is 0 Å². The number of hydroxylamine groups is 2. The summed E-state index contributed by atoms with van der Waals surface area (Å²) in [5.74, 6) is -2.23. The first kappa shape index (κ1) is 13.2. The Hall–Kier alpha value is -2.21. The number of ether oxygens (including phenoxy) is 1. The molecule has 6 heteroatoms. The molecule has 0 saturated heterocycles. The molecule has 2 amide bonds. The van der Waals surface area contributed by atoms with E-state index < -0.39 is 23.4 Å². The Morgan fingerprint density at radius 2 is 1.74 bits per heavy atom. The van der Waals surface area contributed by atoms with Crippen molar-refractivity contribution in [2.45, 2.75) is 26.4 Å². The molecule has 1 aromatic carbocycles. The van der Waals surface area contributed by atoms with E-state index >= 15 is 0 Å². The highest BCUT2D eigenvalue weighted by Gasteiger charge is 2.35. The minimum atomic E-state index is -0.842. The quantitative estimate of drug-likeness (QED) is 0.473. The average molecular weight is 263 g/mol. The third kappa shape index (κ3) is 2.34. The summed E-state index contributed by atoms with van der Waals surface area (Å²) in [4.78, 5) is 34.9. The molecule has 0 bridgehead atoms. The van der Waals surface area contributed by atoms with Gasteiger partial charge in [-0.05, 0) is 39.0 Å². The summed E-state index contributed by atoms with van der Waals surface area (Å²) in [6.45, 7) is 5.17. The van der Waals surface area contributed by atoms with E-state index in [0.29, 0.717) is 0 Å². The molecule has 0 fully saturated rings. The molecule has 2 rings (SSSR count). The second-order valence-corrected chi connectivity index (χ2v) is 5.18. The minimum Gasteiger partial charge on any atom is -0.456 e. The van der Waals surface area contributed by atoms with E-state index in [-0.39, 0.29) is 21.8 Å². The first-order valence-electron chi connectivity index (χ1n) is 5.66. The van der Waals surface area contributed by atoms with Gasteiger partial charge >= 0.3 is 5.97 Å². The lowest BCUT2D eigenvalue weighted by molar-refractivity contribution is -0.0327. The van der Waals surface area contributed by atoms with Crippen molar-refractivity contribution in [2.24, 2.45) is 0 Å². The van der Waals surface area contributed by atoms with Crippen LogP contribution in [0.25, 0.3) is 0 Å². The van der Waals surface area contributed by atoms with Gasteiger partial charge in [-0.15, -0.1) is 5.06 Å². The summed E-state index contributed by atoms with van der Waals surface area (Å²) in [6.07, 6.45) is 0. The number of fused-ring (bicyclic) bond motifs is 1. The molecule has 1 N–H and O–H groups in total. The Bertz CT molecular complexity index is 585. The molecule has 0 unspecified atom stereocenters. The first-order valence-corrected chi connectivity index (χ1v) is 5.66. The van der Waals surface area contributed by atoms with Crippen LogP contribution < -0.4 is 0 Å². The number of hydrogen-bond acceptors (Lipinski definition) is 5. The standard InChI is InChI=1S/C13H13NO5/c1-13(2,3)19-12(17)7-4-5-8-9(6-7)11(16)14(18)10(8)15/h4-6,18H,1-3H3. The molecular weight excluding hydrogens is 250 g/mol. The van der Waals surface area contributed by atoms with E-state index in [1.165, 1.54) is 18.2 Å². The van der Waals surface area contributed by atoms with Gasteiger partial charge in [0.15, 0.2) is 0 Å². The summed E-state index contributed by atoms with van der Waals surface area (Å²) in [7, 11) is 0. The molecule has 0 aliphatic carbocycles. The van der Waals surface area contributed by atoms with Gasteiger partial charge in [-0.3, -0.25) is 14.8 Å². The van der Waals surface area contributed by atoms with Crippen LogP contribution in [0.1, 0.15) is 51.8 Å². The van der Waals surface area contributed by atoms with Gasteiger partial charge in [-0.25, -0.2) is 4.79 Å². The third-order valence-corrected chi connectivity index (χ3v) is 2.50. The van der Waals surface area contributed by atoms with Crippen LogP contribution in [0, 0.1) is 0 Å². The fraction of sp³-hybridized carbons (Fsp3) is 0.308. The van der Waals surface area contributed by atoms with Crippen LogP contribution in [0.15, 0.2) is 18.2 Å². The van der Waals surface area contributed by atoms with Gasteiger partial charge in [0.2, 0.25) is 0 Å². The lowest BCUT2D eigenvalue weighted by Gasteiger charge is -2.19. The smallest absolute Gasteiger partial charge is 0.338 e. The van der Waals surface area contributed by atoms with Crippen LogP contribution in [0.4, 0.5) is 0 Å². The number of rotatable bonds is 1. The van der Waals surface area contributed by atoms with Crippen molar-refractivity contribution in [1.82, 2.24) is 5.06 Å². The molecule has 1 aliphatic rings. The highest BCUT2D eigenvalue weighted by atomic mass is 16.6. The Balaban J connectivity index is 2.36. The van der Waals surface area contributed by atoms with Gasteiger partial charge in [-0.2, -0.15) is 0 Å². The first-order chi connectivity index (χ1) is 8.70. The monoisotopic (exact) mass is 263 g/mol. The SMILES string of the molecule is CC(C)(C)OC(=O)c1ccc2c(c1)C(=O)N(O)C2=O. The molecule has 0 atom stereocenters. The van der Waals surface area contributed by atoms with Gasteiger partial charge in [0, 0.05) is 0 Å². The number of amides is 2. The molecule has 0 spiro atoms. The van der Waals surface area contributed by atoms with Gasteiger partial charge in [0.1, 0.15) is 5.60 Å². The number of nitrogens with zero attached hydrogens (tertiary/aromatic N) is 1. The largest absolute Gasteiger partial charge is 0.456 e. The summed E-state index contributed by atoms with van der Waals surface area (Å²) < 4.78 is 5.16. The highest BCUT2D eigenvalue weighted by molar-refractivity contribution is 6.20. The predicted molar refractivity (Wildman–Crippen MR) is 63.9 cm³/mol. The molecular formula is C13H13NO5. The minimum absolute atomic E-state index is 0.00383. The van der Waals surface area contributed by atoms with E-state index in [1.54, 1.807) is 20.8 Å². The maximum absolute atomic E-state index is 11.8. The number of benzene rings is 1. The van der Waals surface area contributed by atoms with Gasteiger partial charge in [0.25, 0.3) is 11.8 Å². The number of imide groups is 1. The van der Waals surface area contributed by atoms with E-state index in [9.17, 15) is 19.6 Å². The zero-order valence-corrected chi connectivity index (χ0v) is 10.8. The molecule has 6 nitrogen and oxygen atoms in total. The van der Waals surface area contributed by atoms with Crippen molar-refractivity contribution in [2.75, 3.05) is 0 Å². The van der Waals surface area contributed by atoms with Gasteiger partial charge < -0.3 is 4.74 Å². The lowest BCUT2D eigenvalue weighted by atomic mass is 10.1. The maximum atomic E-state index is 11.8. The summed E-state index contributed by atoms with van der Waals surface area (Å²) >= 11 is 0. The summed E-state index contributed by atoms with van der Waals surface area (Å²) in [5.41, 5.74) is -0.431. The maximum Gasteiger partial charge on any atom is 0.338 e. The molecule has 1 heterocycles. The fourth-order valence-electron chi connectivity index (χ4n) is 1.69. The summed E-state index contributed by atoms with van der Waals surface area (Å²) in [6, 6.07) is 3.96. The molecule has 0 saturated carbocycles. The van der Waals surface area contributed by atoms with E-state index in [1.807, 2.05) is 0 Å². The Labute approximate surface area is 109 Å². The average Bonchev–Trinajstić information content (AvgIpc) is 2.52. The Kier molecular flexibility index (Phi) is 2.90. The number of carbonyl (C=O) groups excluding carboxylic acids is 3. The van der Waals surface area contributed by atoms with Crippen LogP contribution in [0.2, 0.25) is 0 Å². The number of esters is 1. The van der Waals surface area contributed by atoms with Crippen molar-refractivity contribution in [3.63, 3.8) is 0 Å². The van der Waals surface area contributed by atoms with Crippen molar-refractivity contribution in [3.05, 3.63) is 34.9 Å². The third-order valence-electron chi connectivity index (χ3n) is 2.50. The molecule has 19 heavy (non-hydrogen) atoms. The molecule has 0 radical (unpaired) electrons. The van der Waals surface area contributed by atoms with Crippen LogP contribution >= 0.6 is 0 Å². The van der Waals surface area contributed by atoms with Crippen molar-refractivity contribution < 1.29 is 24.3 Å².